The second-order valence-corrected chi connectivity index (χ2v) is 8.44. The Labute approximate surface area is 162 Å². The van der Waals surface area contributed by atoms with Crippen molar-refractivity contribution in [3.8, 4) is 0 Å². The number of ether oxygens (including phenoxy) is 4. The van der Waals surface area contributed by atoms with Crippen molar-refractivity contribution in [3.05, 3.63) is 0 Å². The molecular weight excluding hydrogens is 350 g/mol. The van der Waals surface area contributed by atoms with Gasteiger partial charge in [0.15, 0.2) is 0 Å². The molecule has 27 heavy (non-hydrogen) atoms. The van der Waals surface area contributed by atoms with Crippen molar-refractivity contribution in [3.63, 3.8) is 0 Å². The predicted octanol–water partition coefficient (Wildman–Crippen LogP) is 3.15. The number of rotatable bonds is 6. The Hall–Kier alpha value is -1.34. The molecule has 7 nitrogen and oxygen atoms in total. The van der Waals surface area contributed by atoms with E-state index in [-0.39, 0.29) is 36.2 Å². The molecule has 2 rings (SSSR count). The minimum atomic E-state index is -0.529. The van der Waals surface area contributed by atoms with E-state index in [2.05, 4.69) is 0 Å². The lowest BCUT2D eigenvalue weighted by atomic mass is 9.87. The number of amides is 1. The molecule has 0 aromatic carbocycles. The number of hydrogen-bond acceptors (Lipinski definition) is 6. The van der Waals surface area contributed by atoms with Crippen LogP contribution in [0, 0.1) is 5.92 Å². The van der Waals surface area contributed by atoms with Crippen LogP contribution in [0.3, 0.4) is 0 Å². The highest BCUT2D eigenvalue weighted by Crippen LogP contribution is 2.29. The Balaban J connectivity index is 1.82. The zero-order valence-corrected chi connectivity index (χ0v) is 17.4. The summed E-state index contributed by atoms with van der Waals surface area (Å²) in [5.41, 5.74) is -0.529. The number of carbonyl (C=O) groups excluding carboxylic acids is 2. The van der Waals surface area contributed by atoms with E-state index in [9.17, 15) is 9.59 Å². The fraction of sp³-hybridized carbons (Fsp3) is 0.900. The first kappa shape index (κ1) is 22.0. The van der Waals surface area contributed by atoms with E-state index in [0.29, 0.717) is 19.8 Å². The third-order valence-electron chi connectivity index (χ3n) is 5.16. The molecule has 0 radical (unpaired) electrons. The van der Waals surface area contributed by atoms with E-state index in [1.54, 1.807) is 12.0 Å². The summed E-state index contributed by atoms with van der Waals surface area (Å²) in [4.78, 5) is 26.1. The lowest BCUT2D eigenvalue weighted by Crippen LogP contribution is -2.42. The van der Waals surface area contributed by atoms with E-state index in [1.807, 2.05) is 27.7 Å². The Bertz CT molecular complexity index is 495. The van der Waals surface area contributed by atoms with E-state index < -0.39 is 5.60 Å². The number of methoxy groups -OCH3 is 1. The van der Waals surface area contributed by atoms with E-state index in [1.165, 1.54) is 0 Å². The van der Waals surface area contributed by atoms with E-state index in [4.69, 9.17) is 18.9 Å². The molecule has 0 aromatic rings. The minimum Gasteiger partial charge on any atom is -0.466 e. The number of esters is 1. The molecule has 1 saturated heterocycles. The van der Waals surface area contributed by atoms with Gasteiger partial charge in [-0.2, -0.15) is 0 Å². The fourth-order valence-corrected chi connectivity index (χ4v) is 3.72. The van der Waals surface area contributed by atoms with Crippen LogP contribution in [0.2, 0.25) is 0 Å². The molecule has 0 bridgehead atoms. The fourth-order valence-electron chi connectivity index (χ4n) is 3.72. The molecule has 0 N–H and O–H groups in total. The van der Waals surface area contributed by atoms with Gasteiger partial charge in [-0.25, -0.2) is 4.79 Å². The number of likely N-dealkylation sites (tertiary alicyclic amines) is 1. The Morgan fingerprint density at radius 2 is 1.74 bits per heavy atom. The summed E-state index contributed by atoms with van der Waals surface area (Å²) >= 11 is 0. The second-order valence-electron chi connectivity index (χ2n) is 8.44. The molecule has 1 aliphatic carbocycles. The van der Waals surface area contributed by atoms with Crippen LogP contribution in [0.4, 0.5) is 4.79 Å². The van der Waals surface area contributed by atoms with Crippen molar-refractivity contribution < 1.29 is 28.5 Å². The normalized spacial score (nSPS) is 28.9. The van der Waals surface area contributed by atoms with Crippen LogP contribution in [0.5, 0.6) is 0 Å². The molecule has 1 aliphatic heterocycles. The van der Waals surface area contributed by atoms with Gasteiger partial charge in [-0.15, -0.1) is 0 Å². The quantitative estimate of drug-likeness (QED) is 0.654. The first-order valence-corrected chi connectivity index (χ1v) is 10.0. The Morgan fingerprint density at radius 3 is 2.30 bits per heavy atom. The van der Waals surface area contributed by atoms with Crippen LogP contribution >= 0.6 is 0 Å². The molecule has 0 unspecified atom stereocenters. The largest absolute Gasteiger partial charge is 0.466 e. The van der Waals surface area contributed by atoms with Crippen LogP contribution in [0.25, 0.3) is 0 Å². The third-order valence-corrected chi connectivity index (χ3v) is 5.16. The van der Waals surface area contributed by atoms with Crippen LogP contribution in [-0.4, -0.2) is 67.7 Å². The smallest absolute Gasteiger partial charge is 0.410 e. The number of nitrogens with zero attached hydrogens (tertiary/aromatic N) is 1. The zero-order chi connectivity index (χ0) is 20.0. The van der Waals surface area contributed by atoms with Crippen molar-refractivity contribution >= 4 is 12.1 Å². The van der Waals surface area contributed by atoms with Gasteiger partial charge in [0, 0.05) is 7.11 Å². The summed E-state index contributed by atoms with van der Waals surface area (Å²) in [5, 5.41) is 0. The summed E-state index contributed by atoms with van der Waals surface area (Å²) in [7, 11) is 1.66. The molecule has 1 amide bonds. The van der Waals surface area contributed by atoms with Crippen molar-refractivity contribution in [2.75, 3.05) is 26.9 Å². The summed E-state index contributed by atoms with van der Waals surface area (Å²) < 4.78 is 22.2. The van der Waals surface area contributed by atoms with Gasteiger partial charge in [0.2, 0.25) is 0 Å². The summed E-state index contributed by atoms with van der Waals surface area (Å²) in [6, 6.07) is -0.0485. The van der Waals surface area contributed by atoms with Gasteiger partial charge in [0.1, 0.15) is 5.60 Å². The monoisotopic (exact) mass is 385 g/mol. The molecule has 2 atom stereocenters. The highest BCUT2D eigenvalue weighted by molar-refractivity contribution is 5.72. The highest BCUT2D eigenvalue weighted by atomic mass is 16.6. The van der Waals surface area contributed by atoms with Gasteiger partial charge >= 0.3 is 12.1 Å². The lowest BCUT2D eigenvalue weighted by Gasteiger charge is -2.31. The van der Waals surface area contributed by atoms with Gasteiger partial charge in [0.05, 0.1) is 43.9 Å². The van der Waals surface area contributed by atoms with Crippen molar-refractivity contribution in [2.24, 2.45) is 5.92 Å². The maximum absolute atomic E-state index is 12.5. The molecule has 1 saturated carbocycles. The average Bonchev–Trinajstić information content (AvgIpc) is 3.03. The van der Waals surface area contributed by atoms with Gasteiger partial charge < -0.3 is 23.8 Å². The summed E-state index contributed by atoms with van der Waals surface area (Å²) in [6.07, 6.45) is 3.83. The van der Waals surface area contributed by atoms with Gasteiger partial charge in [0.25, 0.3) is 0 Å². The Morgan fingerprint density at radius 1 is 1.07 bits per heavy atom. The molecule has 0 spiro atoms. The third kappa shape index (κ3) is 6.64. The summed E-state index contributed by atoms with van der Waals surface area (Å²) in [5.74, 6) is -0.0989. The first-order chi connectivity index (χ1) is 12.7. The maximum Gasteiger partial charge on any atom is 0.410 e. The number of carbonyl (C=O) groups is 2. The summed E-state index contributed by atoms with van der Waals surface area (Å²) in [6.45, 7) is 8.84. The predicted molar refractivity (Wildman–Crippen MR) is 100 cm³/mol. The Kier molecular flexibility index (Phi) is 7.91. The molecule has 2 fully saturated rings. The SMILES string of the molecule is CCOC(=O)C1CCC(OC[C@@H]2C[C@H](OC)CN2C(=O)OC(C)(C)C)CC1. The first-order valence-electron chi connectivity index (χ1n) is 10.0. The van der Waals surface area contributed by atoms with Gasteiger partial charge in [-0.05, 0) is 59.8 Å². The maximum atomic E-state index is 12.5. The number of hydrogen-bond donors (Lipinski definition) is 0. The van der Waals surface area contributed by atoms with Gasteiger partial charge in [-0.1, -0.05) is 0 Å². The van der Waals surface area contributed by atoms with Crippen LogP contribution < -0.4 is 0 Å². The second kappa shape index (κ2) is 9.73. The van der Waals surface area contributed by atoms with Crippen molar-refractivity contribution in [2.45, 2.75) is 83.6 Å². The van der Waals surface area contributed by atoms with E-state index in [0.717, 1.165) is 32.1 Å². The van der Waals surface area contributed by atoms with Gasteiger partial charge in [-0.3, -0.25) is 4.79 Å². The minimum absolute atomic E-state index is 0.00525. The van der Waals surface area contributed by atoms with Crippen LogP contribution in [0.15, 0.2) is 0 Å². The molecule has 0 aromatic heterocycles. The molecule has 7 heteroatoms. The zero-order valence-electron chi connectivity index (χ0n) is 17.4. The topological polar surface area (TPSA) is 74.3 Å². The molecular formula is C20H35NO6. The van der Waals surface area contributed by atoms with E-state index >= 15 is 0 Å². The average molecular weight is 386 g/mol. The van der Waals surface area contributed by atoms with Crippen molar-refractivity contribution in [1.29, 1.82) is 0 Å². The van der Waals surface area contributed by atoms with Crippen LogP contribution in [0.1, 0.15) is 59.8 Å². The molecule has 1 heterocycles. The highest BCUT2D eigenvalue weighted by Gasteiger charge is 2.38. The molecule has 2 aliphatic rings. The lowest BCUT2D eigenvalue weighted by molar-refractivity contribution is -0.150. The van der Waals surface area contributed by atoms with Crippen LogP contribution in [-0.2, 0) is 23.7 Å². The van der Waals surface area contributed by atoms with Crippen molar-refractivity contribution in [1.82, 2.24) is 4.90 Å². The molecule has 156 valence electrons. The standard InChI is InChI=1S/C20H35NO6/c1-6-25-18(22)14-7-9-16(10-8-14)26-13-15-11-17(24-5)12-21(15)19(23)27-20(2,3)4/h14-17H,6-13H2,1-5H3/t14?,15-,16?,17-/m0/s1.